The van der Waals surface area contributed by atoms with Crippen LogP contribution in [0.3, 0.4) is 0 Å². The van der Waals surface area contributed by atoms with Crippen LogP contribution in [0.4, 0.5) is 8.78 Å². The van der Waals surface area contributed by atoms with Gasteiger partial charge in [0.25, 0.3) is 0 Å². The molecule has 0 aliphatic carbocycles. The Kier molecular flexibility index (Phi) is 3.85. The third-order valence-corrected chi connectivity index (χ3v) is 2.57. The number of benzene rings is 1. The first-order valence-corrected chi connectivity index (χ1v) is 5.60. The first kappa shape index (κ1) is 13.1. The van der Waals surface area contributed by atoms with Crippen molar-refractivity contribution in [2.45, 2.75) is 13.5 Å². The van der Waals surface area contributed by atoms with E-state index in [0.29, 0.717) is 12.0 Å². The van der Waals surface area contributed by atoms with Crippen molar-refractivity contribution in [3.05, 3.63) is 58.9 Å². The van der Waals surface area contributed by atoms with Gasteiger partial charge in [0, 0.05) is 5.69 Å². The lowest BCUT2D eigenvalue weighted by Crippen LogP contribution is -2.04. The summed E-state index contributed by atoms with van der Waals surface area (Å²) in [6.07, 6.45) is 0.542. The summed E-state index contributed by atoms with van der Waals surface area (Å²) in [5.41, 5.74) is 0.586. The third kappa shape index (κ3) is 2.93. The van der Waals surface area contributed by atoms with Gasteiger partial charge in [-0.1, -0.05) is 6.07 Å². The van der Waals surface area contributed by atoms with E-state index in [9.17, 15) is 13.6 Å². The summed E-state index contributed by atoms with van der Waals surface area (Å²) in [6, 6.07) is 6.77. The summed E-state index contributed by atoms with van der Waals surface area (Å²) >= 11 is 0. The quantitative estimate of drug-likeness (QED) is 0.796. The van der Waals surface area contributed by atoms with Gasteiger partial charge in [-0.25, -0.2) is 13.8 Å². The van der Waals surface area contributed by atoms with E-state index in [2.05, 4.69) is 4.98 Å². The van der Waals surface area contributed by atoms with Gasteiger partial charge in [-0.3, -0.25) is 4.79 Å². The normalized spacial score (nSPS) is 10.3. The molecule has 0 radical (unpaired) electrons. The van der Waals surface area contributed by atoms with Crippen LogP contribution in [-0.2, 0) is 6.61 Å². The minimum Gasteiger partial charge on any atom is -0.486 e. The number of carbonyl (C=O) groups is 1. The molecule has 3 nitrogen and oxygen atoms in total. The highest BCUT2D eigenvalue weighted by atomic mass is 19.1. The van der Waals surface area contributed by atoms with Gasteiger partial charge >= 0.3 is 0 Å². The summed E-state index contributed by atoms with van der Waals surface area (Å²) in [6.45, 7) is 1.43. The molecule has 0 fully saturated rings. The molecule has 2 aromatic rings. The molecule has 5 heteroatoms. The molecule has 0 aliphatic heterocycles. The van der Waals surface area contributed by atoms with Gasteiger partial charge in [0.15, 0.2) is 6.29 Å². The standard InChI is InChI=1S/C14H11F2NO2/c1-9-5-6-14(13(7-18)17-9)19-8-10-11(15)3-2-4-12(10)16/h2-7H,8H2,1H3. The number of aryl methyl sites for hydroxylation is 1. The molecule has 0 aliphatic rings. The van der Waals surface area contributed by atoms with Crippen LogP contribution in [0.5, 0.6) is 5.75 Å². The van der Waals surface area contributed by atoms with Crippen LogP contribution in [0.1, 0.15) is 21.7 Å². The summed E-state index contributed by atoms with van der Waals surface area (Å²) in [5.74, 6) is -1.18. The average Bonchev–Trinajstić information content (AvgIpc) is 2.39. The van der Waals surface area contributed by atoms with Crippen molar-refractivity contribution < 1.29 is 18.3 Å². The Morgan fingerprint density at radius 2 is 1.89 bits per heavy atom. The van der Waals surface area contributed by atoms with E-state index in [1.165, 1.54) is 6.07 Å². The minimum absolute atomic E-state index is 0.108. The molecule has 0 saturated carbocycles. The van der Waals surface area contributed by atoms with Crippen molar-refractivity contribution in [1.29, 1.82) is 0 Å². The van der Waals surface area contributed by atoms with Crippen LogP contribution in [0.15, 0.2) is 30.3 Å². The highest BCUT2D eigenvalue weighted by Gasteiger charge is 2.11. The lowest BCUT2D eigenvalue weighted by Gasteiger charge is -2.09. The zero-order chi connectivity index (χ0) is 13.8. The van der Waals surface area contributed by atoms with Crippen molar-refractivity contribution in [1.82, 2.24) is 4.98 Å². The van der Waals surface area contributed by atoms with Gasteiger partial charge in [0.05, 0.1) is 5.56 Å². The Morgan fingerprint density at radius 1 is 1.21 bits per heavy atom. The van der Waals surface area contributed by atoms with Crippen LogP contribution < -0.4 is 4.74 Å². The molecule has 2 rings (SSSR count). The van der Waals surface area contributed by atoms with Crippen molar-refractivity contribution in [3.8, 4) is 5.75 Å². The van der Waals surface area contributed by atoms with E-state index >= 15 is 0 Å². The number of aldehydes is 1. The highest BCUT2D eigenvalue weighted by molar-refractivity contribution is 5.76. The van der Waals surface area contributed by atoms with Gasteiger partial charge < -0.3 is 4.74 Å². The number of pyridine rings is 1. The molecule has 19 heavy (non-hydrogen) atoms. The fraction of sp³-hybridized carbons (Fsp3) is 0.143. The predicted molar refractivity (Wildman–Crippen MR) is 65.1 cm³/mol. The van der Waals surface area contributed by atoms with Crippen molar-refractivity contribution in [2.24, 2.45) is 0 Å². The van der Waals surface area contributed by atoms with E-state index in [1.54, 1.807) is 19.1 Å². The zero-order valence-electron chi connectivity index (χ0n) is 10.2. The molecule has 0 atom stereocenters. The monoisotopic (exact) mass is 263 g/mol. The third-order valence-electron chi connectivity index (χ3n) is 2.57. The van der Waals surface area contributed by atoms with E-state index in [4.69, 9.17) is 4.74 Å². The number of halogens is 2. The van der Waals surface area contributed by atoms with Gasteiger partial charge in [-0.2, -0.15) is 0 Å². The second-order valence-corrected chi connectivity index (χ2v) is 3.94. The smallest absolute Gasteiger partial charge is 0.172 e. The Hall–Kier alpha value is -2.30. The highest BCUT2D eigenvalue weighted by Crippen LogP contribution is 2.19. The number of hydrogen-bond acceptors (Lipinski definition) is 3. The van der Waals surface area contributed by atoms with Crippen LogP contribution >= 0.6 is 0 Å². The largest absolute Gasteiger partial charge is 0.486 e. The molecule has 1 aromatic heterocycles. The zero-order valence-corrected chi connectivity index (χ0v) is 10.2. The topological polar surface area (TPSA) is 39.2 Å². The van der Waals surface area contributed by atoms with Gasteiger partial charge in [-0.05, 0) is 31.2 Å². The van der Waals surface area contributed by atoms with E-state index < -0.39 is 11.6 Å². The minimum atomic E-state index is -0.687. The lowest BCUT2D eigenvalue weighted by atomic mass is 10.2. The number of aromatic nitrogens is 1. The van der Waals surface area contributed by atoms with Crippen molar-refractivity contribution in [3.63, 3.8) is 0 Å². The van der Waals surface area contributed by atoms with Gasteiger partial charge in [0.2, 0.25) is 0 Å². The maximum atomic E-state index is 13.4. The number of ether oxygens (including phenoxy) is 1. The number of hydrogen-bond donors (Lipinski definition) is 0. The summed E-state index contributed by atoms with van der Waals surface area (Å²) in [4.78, 5) is 14.8. The molecule has 0 spiro atoms. The fourth-order valence-electron chi connectivity index (χ4n) is 1.59. The van der Waals surface area contributed by atoms with Crippen molar-refractivity contribution >= 4 is 6.29 Å². The van der Waals surface area contributed by atoms with E-state index in [0.717, 1.165) is 12.1 Å². The summed E-state index contributed by atoms with van der Waals surface area (Å²) in [7, 11) is 0. The Bertz CT molecular complexity index is 594. The van der Waals surface area contributed by atoms with E-state index in [-0.39, 0.29) is 23.6 Å². The molecule has 0 saturated heterocycles. The van der Waals surface area contributed by atoms with Gasteiger partial charge in [0.1, 0.15) is 29.7 Å². The summed E-state index contributed by atoms with van der Waals surface area (Å²) < 4.78 is 32.0. The molecular formula is C14H11F2NO2. The van der Waals surface area contributed by atoms with Crippen LogP contribution in [0, 0.1) is 18.6 Å². The van der Waals surface area contributed by atoms with Crippen molar-refractivity contribution in [2.75, 3.05) is 0 Å². The first-order chi connectivity index (χ1) is 9.11. The Labute approximate surface area is 108 Å². The molecular weight excluding hydrogens is 252 g/mol. The van der Waals surface area contributed by atoms with E-state index in [1.807, 2.05) is 0 Å². The Balaban J connectivity index is 2.21. The molecule has 98 valence electrons. The maximum absolute atomic E-state index is 13.4. The molecule has 0 N–H and O–H groups in total. The van der Waals surface area contributed by atoms with Crippen LogP contribution in [0.2, 0.25) is 0 Å². The molecule has 1 aromatic carbocycles. The summed E-state index contributed by atoms with van der Waals surface area (Å²) in [5, 5.41) is 0. The van der Waals surface area contributed by atoms with Crippen LogP contribution in [-0.4, -0.2) is 11.3 Å². The SMILES string of the molecule is Cc1ccc(OCc2c(F)cccc2F)c(C=O)n1. The second kappa shape index (κ2) is 5.56. The molecule has 0 unspecified atom stereocenters. The Morgan fingerprint density at radius 3 is 2.53 bits per heavy atom. The fourth-order valence-corrected chi connectivity index (χ4v) is 1.59. The predicted octanol–water partition coefficient (Wildman–Crippen LogP) is 3.06. The average molecular weight is 263 g/mol. The van der Waals surface area contributed by atoms with Gasteiger partial charge in [-0.15, -0.1) is 0 Å². The maximum Gasteiger partial charge on any atom is 0.172 e. The number of nitrogens with zero attached hydrogens (tertiary/aromatic N) is 1. The molecule has 1 heterocycles. The first-order valence-electron chi connectivity index (χ1n) is 5.60. The molecule has 0 bridgehead atoms. The molecule has 0 amide bonds. The van der Waals surface area contributed by atoms with Crippen LogP contribution in [0.25, 0.3) is 0 Å². The second-order valence-electron chi connectivity index (χ2n) is 3.94. The lowest BCUT2D eigenvalue weighted by molar-refractivity contribution is 0.111. The number of carbonyl (C=O) groups excluding carboxylic acids is 1. The number of rotatable bonds is 4.